The zero-order chi connectivity index (χ0) is 16.7. The Labute approximate surface area is 134 Å². The number of rotatable bonds is 6. The van der Waals surface area contributed by atoms with E-state index in [0.717, 1.165) is 11.1 Å². The highest BCUT2D eigenvalue weighted by molar-refractivity contribution is 5.90. The van der Waals surface area contributed by atoms with Crippen LogP contribution in [0, 0.1) is 0 Å². The molecule has 5 heteroatoms. The molecule has 0 heterocycles. The number of carbonyl (C=O) groups excluding carboxylic acids is 2. The van der Waals surface area contributed by atoms with Crippen molar-refractivity contribution in [2.75, 3.05) is 14.2 Å². The molecule has 2 aromatic carbocycles. The molecule has 0 atom stereocenters. The number of hydrogen-bond acceptors (Lipinski definition) is 5. The van der Waals surface area contributed by atoms with Gasteiger partial charge in [-0.1, -0.05) is 24.3 Å². The van der Waals surface area contributed by atoms with Crippen LogP contribution in [0.2, 0.25) is 0 Å². The first-order valence-corrected chi connectivity index (χ1v) is 7.06. The van der Waals surface area contributed by atoms with Crippen LogP contribution >= 0.6 is 0 Å². The van der Waals surface area contributed by atoms with Gasteiger partial charge < -0.3 is 14.2 Å². The maximum atomic E-state index is 12.1. The van der Waals surface area contributed by atoms with Crippen molar-refractivity contribution in [2.24, 2.45) is 0 Å². The van der Waals surface area contributed by atoms with Crippen molar-refractivity contribution in [3.63, 3.8) is 0 Å². The van der Waals surface area contributed by atoms with Crippen LogP contribution in [0.5, 0.6) is 0 Å². The number of hydrogen-bond donors (Lipinski definition) is 0. The quantitative estimate of drug-likeness (QED) is 0.767. The third-order valence-electron chi connectivity index (χ3n) is 3.22. The number of benzene rings is 2. The second-order valence-corrected chi connectivity index (χ2v) is 4.90. The summed E-state index contributed by atoms with van der Waals surface area (Å²) >= 11 is 0. The van der Waals surface area contributed by atoms with Gasteiger partial charge in [-0.05, 0) is 35.4 Å². The molecule has 0 saturated carbocycles. The summed E-state index contributed by atoms with van der Waals surface area (Å²) in [5, 5.41) is 0. The molecule has 0 aromatic heterocycles. The van der Waals surface area contributed by atoms with E-state index >= 15 is 0 Å². The van der Waals surface area contributed by atoms with Crippen molar-refractivity contribution in [1.29, 1.82) is 0 Å². The van der Waals surface area contributed by atoms with Gasteiger partial charge in [0.05, 0.1) is 24.8 Å². The predicted octanol–water partition coefficient (Wildman–Crippen LogP) is 2.98. The zero-order valence-corrected chi connectivity index (χ0v) is 13.1. The van der Waals surface area contributed by atoms with E-state index < -0.39 is 11.9 Å². The molecule has 0 amide bonds. The summed E-state index contributed by atoms with van der Waals surface area (Å²) in [4.78, 5) is 23.4. The average Bonchev–Trinajstić information content (AvgIpc) is 2.60. The minimum atomic E-state index is -0.403. The van der Waals surface area contributed by atoms with E-state index in [2.05, 4.69) is 4.74 Å². The van der Waals surface area contributed by atoms with Crippen LogP contribution in [0.4, 0.5) is 0 Å². The molecule has 0 N–H and O–H groups in total. The third kappa shape index (κ3) is 4.66. The second kappa shape index (κ2) is 8.10. The summed E-state index contributed by atoms with van der Waals surface area (Å²) in [5.41, 5.74) is 2.63. The summed E-state index contributed by atoms with van der Waals surface area (Å²) < 4.78 is 14.9. The van der Waals surface area contributed by atoms with E-state index in [1.54, 1.807) is 49.6 Å². The molecule has 0 bridgehead atoms. The fourth-order valence-electron chi connectivity index (χ4n) is 2.04. The Bertz CT molecular complexity index is 676. The van der Waals surface area contributed by atoms with Gasteiger partial charge in [0.15, 0.2) is 0 Å². The third-order valence-corrected chi connectivity index (χ3v) is 3.22. The first-order valence-electron chi connectivity index (χ1n) is 7.06. The molecule has 0 aliphatic rings. The van der Waals surface area contributed by atoms with Crippen LogP contribution in [0.15, 0.2) is 48.5 Å². The predicted molar refractivity (Wildman–Crippen MR) is 84.1 cm³/mol. The van der Waals surface area contributed by atoms with E-state index in [1.807, 2.05) is 6.07 Å². The van der Waals surface area contributed by atoms with Gasteiger partial charge in [0, 0.05) is 7.11 Å². The molecule has 120 valence electrons. The Morgan fingerprint density at radius 1 is 0.826 bits per heavy atom. The van der Waals surface area contributed by atoms with Crippen molar-refractivity contribution < 1.29 is 23.8 Å². The molecule has 0 aliphatic heterocycles. The SMILES string of the molecule is COCc1cccc(C(=O)OCc2ccc(C(=O)OC)cc2)c1. The van der Waals surface area contributed by atoms with Crippen molar-refractivity contribution in [1.82, 2.24) is 0 Å². The van der Waals surface area contributed by atoms with E-state index in [4.69, 9.17) is 9.47 Å². The van der Waals surface area contributed by atoms with E-state index in [9.17, 15) is 9.59 Å². The summed E-state index contributed by atoms with van der Waals surface area (Å²) in [6, 6.07) is 13.8. The number of ether oxygens (including phenoxy) is 3. The summed E-state index contributed by atoms with van der Waals surface area (Å²) in [7, 11) is 2.93. The van der Waals surface area contributed by atoms with E-state index in [-0.39, 0.29) is 6.61 Å². The topological polar surface area (TPSA) is 61.8 Å². The highest BCUT2D eigenvalue weighted by atomic mass is 16.5. The van der Waals surface area contributed by atoms with Crippen molar-refractivity contribution in [3.8, 4) is 0 Å². The number of methoxy groups -OCH3 is 2. The molecule has 0 unspecified atom stereocenters. The van der Waals surface area contributed by atoms with Crippen LogP contribution in [0.3, 0.4) is 0 Å². The van der Waals surface area contributed by atoms with Gasteiger partial charge >= 0.3 is 11.9 Å². The zero-order valence-electron chi connectivity index (χ0n) is 13.1. The van der Waals surface area contributed by atoms with Crippen LogP contribution < -0.4 is 0 Å². The van der Waals surface area contributed by atoms with Crippen LogP contribution in [-0.2, 0) is 27.4 Å². The Morgan fingerprint density at radius 2 is 1.57 bits per heavy atom. The minimum absolute atomic E-state index is 0.134. The molecule has 2 aromatic rings. The van der Waals surface area contributed by atoms with Gasteiger partial charge in [0.2, 0.25) is 0 Å². The molecular weight excluding hydrogens is 296 g/mol. The lowest BCUT2D eigenvalue weighted by molar-refractivity contribution is 0.0471. The Hall–Kier alpha value is -2.66. The van der Waals surface area contributed by atoms with Crippen molar-refractivity contribution >= 4 is 11.9 Å². The summed E-state index contributed by atoms with van der Waals surface area (Å²) in [6.07, 6.45) is 0. The Balaban J connectivity index is 1.96. The van der Waals surface area contributed by atoms with Crippen molar-refractivity contribution in [3.05, 3.63) is 70.8 Å². The lowest BCUT2D eigenvalue weighted by Crippen LogP contribution is -2.06. The van der Waals surface area contributed by atoms with Gasteiger partial charge in [-0.2, -0.15) is 0 Å². The van der Waals surface area contributed by atoms with Crippen LogP contribution in [-0.4, -0.2) is 26.2 Å². The van der Waals surface area contributed by atoms with Gasteiger partial charge in [0.25, 0.3) is 0 Å². The maximum absolute atomic E-state index is 12.1. The molecule has 0 spiro atoms. The fourth-order valence-corrected chi connectivity index (χ4v) is 2.04. The molecule has 2 rings (SSSR count). The number of esters is 2. The molecule has 0 saturated heterocycles. The monoisotopic (exact) mass is 314 g/mol. The van der Waals surface area contributed by atoms with Gasteiger partial charge in [0.1, 0.15) is 6.61 Å². The molecule has 0 aliphatic carbocycles. The highest BCUT2D eigenvalue weighted by Crippen LogP contribution is 2.11. The first-order chi connectivity index (χ1) is 11.1. The van der Waals surface area contributed by atoms with Crippen molar-refractivity contribution in [2.45, 2.75) is 13.2 Å². The van der Waals surface area contributed by atoms with E-state index in [1.165, 1.54) is 7.11 Å². The molecule has 0 radical (unpaired) electrons. The summed E-state index contributed by atoms with van der Waals surface area (Å²) in [6.45, 7) is 0.574. The average molecular weight is 314 g/mol. The standard InChI is InChI=1S/C18H18O5/c1-21-11-14-4-3-5-16(10-14)18(20)23-12-13-6-8-15(9-7-13)17(19)22-2/h3-10H,11-12H2,1-2H3. The lowest BCUT2D eigenvalue weighted by Gasteiger charge is -2.07. The smallest absolute Gasteiger partial charge is 0.338 e. The van der Waals surface area contributed by atoms with Gasteiger partial charge in [-0.15, -0.1) is 0 Å². The molecule has 23 heavy (non-hydrogen) atoms. The van der Waals surface area contributed by atoms with Gasteiger partial charge in [-0.25, -0.2) is 9.59 Å². The Morgan fingerprint density at radius 3 is 2.22 bits per heavy atom. The molecular formula is C18H18O5. The molecule has 0 fully saturated rings. The first kappa shape index (κ1) is 16.7. The minimum Gasteiger partial charge on any atom is -0.465 e. The van der Waals surface area contributed by atoms with Crippen LogP contribution in [0.1, 0.15) is 31.8 Å². The maximum Gasteiger partial charge on any atom is 0.338 e. The number of carbonyl (C=O) groups is 2. The molecule has 5 nitrogen and oxygen atoms in total. The highest BCUT2D eigenvalue weighted by Gasteiger charge is 2.09. The largest absolute Gasteiger partial charge is 0.465 e. The Kier molecular flexibility index (Phi) is 5.88. The normalized spacial score (nSPS) is 10.2. The lowest BCUT2D eigenvalue weighted by atomic mass is 10.1. The van der Waals surface area contributed by atoms with Gasteiger partial charge in [-0.3, -0.25) is 0 Å². The van der Waals surface area contributed by atoms with Crippen LogP contribution in [0.25, 0.3) is 0 Å². The fraction of sp³-hybridized carbons (Fsp3) is 0.222. The summed E-state index contributed by atoms with van der Waals surface area (Å²) in [5.74, 6) is -0.802. The second-order valence-electron chi connectivity index (χ2n) is 4.90. The van der Waals surface area contributed by atoms with E-state index in [0.29, 0.717) is 17.7 Å².